The Morgan fingerprint density at radius 2 is 1.85 bits per heavy atom. The second-order valence-corrected chi connectivity index (χ2v) is 7.82. The molecule has 0 aromatic rings. The zero-order chi connectivity index (χ0) is 14.0. The Kier molecular flexibility index (Phi) is 4.72. The summed E-state index contributed by atoms with van der Waals surface area (Å²) in [6, 6.07) is 0.777. The Balaban J connectivity index is 1.63. The summed E-state index contributed by atoms with van der Waals surface area (Å²) in [4.78, 5) is 2.88. The fourth-order valence-corrected chi connectivity index (χ4v) is 4.62. The second kappa shape index (κ2) is 6.36. The molecule has 3 fully saturated rings. The van der Waals surface area contributed by atoms with Crippen LogP contribution in [0.15, 0.2) is 0 Å². The van der Waals surface area contributed by atoms with Crippen LogP contribution in [0.25, 0.3) is 0 Å². The molecule has 3 rings (SSSR count). The van der Waals surface area contributed by atoms with E-state index in [1.54, 1.807) is 0 Å². The standard InChI is InChI=1S/C18H34N2/c1-3-4-12-20-13-17(15-8-6-5-7-9-15)19-14-18(20,2)16-10-11-16/h15-17,19H,3-14H2,1-2H3. The highest BCUT2D eigenvalue weighted by Gasteiger charge is 2.48. The third-order valence-electron chi connectivity index (χ3n) is 6.32. The van der Waals surface area contributed by atoms with Crippen LogP contribution in [0.5, 0.6) is 0 Å². The maximum absolute atomic E-state index is 3.97. The molecule has 1 aliphatic heterocycles. The highest BCUT2D eigenvalue weighted by Crippen LogP contribution is 2.44. The number of hydrogen-bond donors (Lipinski definition) is 1. The van der Waals surface area contributed by atoms with Crippen molar-refractivity contribution in [2.24, 2.45) is 11.8 Å². The Labute approximate surface area is 125 Å². The molecule has 0 spiro atoms. The predicted molar refractivity (Wildman–Crippen MR) is 86.0 cm³/mol. The third kappa shape index (κ3) is 3.06. The first-order valence-corrected chi connectivity index (χ1v) is 9.22. The quantitative estimate of drug-likeness (QED) is 0.822. The van der Waals surface area contributed by atoms with Crippen molar-refractivity contribution >= 4 is 0 Å². The van der Waals surface area contributed by atoms with Gasteiger partial charge in [0.05, 0.1) is 0 Å². The fraction of sp³-hybridized carbons (Fsp3) is 1.00. The topological polar surface area (TPSA) is 15.3 Å². The molecule has 2 saturated carbocycles. The van der Waals surface area contributed by atoms with E-state index in [1.807, 2.05) is 0 Å². The molecular weight excluding hydrogens is 244 g/mol. The molecule has 0 amide bonds. The lowest BCUT2D eigenvalue weighted by atomic mass is 9.80. The molecule has 2 unspecified atom stereocenters. The summed E-state index contributed by atoms with van der Waals surface area (Å²) in [5, 5.41) is 3.97. The Morgan fingerprint density at radius 3 is 2.50 bits per heavy atom. The molecule has 2 nitrogen and oxygen atoms in total. The molecule has 20 heavy (non-hydrogen) atoms. The van der Waals surface area contributed by atoms with Gasteiger partial charge in [0.2, 0.25) is 0 Å². The lowest BCUT2D eigenvalue weighted by Crippen LogP contribution is -2.66. The second-order valence-electron chi connectivity index (χ2n) is 7.82. The molecule has 0 radical (unpaired) electrons. The van der Waals surface area contributed by atoms with Gasteiger partial charge in [-0.1, -0.05) is 32.6 Å². The van der Waals surface area contributed by atoms with Crippen LogP contribution in [0, 0.1) is 11.8 Å². The van der Waals surface area contributed by atoms with Crippen LogP contribution in [0.4, 0.5) is 0 Å². The molecule has 2 aliphatic carbocycles. The van der Waals surface area contributed by atoms with E-state index in [4.69, 9.17) is 0 Å². The monoisotopic (exact) mass is 278 g/mol. The molecule has 2 heteroatoms. The molecule has 2 atom stereocenters. The van der Waals surface area contributed by atoms with Gasteiger partial charge in [-0.15, -0.1) is 0 Å². The number of unbranched alkanes of at least 4 members (excludes halogenated alkanes) is 1. The van der Waals surface area contributed by atoms with Crippen LogP contribution < -0.4 is 5.32 Å². The smallest absolute Gasteiger partial charge is 0.0334 e. The van der Waals surface area contributed by atoms with Crippen molar-refractivity contribution in [2.75, 3.05) is 19.6 Å². The molecule has 1 saturated heterocycles. The first-order chi connectivity index (χ1) is 9.74. The zero-order valence-electron chi connectivity index (χ0n) is 13.7. The average molecular weight is 278 g/mol. The maximum Gasteiger partial charge on any atom is 0.0334 e. The van der Waals surface area contributed by atoms with Gasteiger partial charge in [0, 0.05) is 24.7 Å². The van der Waals surface area contributed by atoms with Gasteiger partial charge in [0.25, 0.3) is 0 Å². The highest BCUT2D eigenvalue weighted by atomic mass is 15.3. The Hall–Kier alpha value is -0.0800. The molecule has 1 N–H and O–H groups in total. The lowest BCUT2D eigenvalue weighted by Gasteiger charge is -2.51. The summed E-state index contributed by atoms with van der Waals surface area (Å²) in [5.41, 5.74) is 0.459. The normalized spacial score (nSPS) is 37.2. The lowest BCUT2D eigenvalue weighted by molar-refractivity contribution is 0.0166. The van der Waals surface area contributed by atoms with Crippen molar-refractivity contribution in [3.8, 4) is 0 Å². The fourth-order valence-electron chi connectivity index (χ4n) is 4.62. The van der Waals surface area contributed by atoms with Crippen LogP contribution in [0.3, 0.4) is 0 Å². The van der Waals surface area contributed by atoms with Crippen LogP contribution in [0.1, 0.15) is 71.6 Å². The van der Waals surface area contributed by atoms with E-state index in [0.29, 0.717) is 5.54 Å². The summed E-state index contributed by atoms with van der Waals surface area (Å²) in [5.74, 6) is 1.93. The van der Waals surface area contributed by atoms with Gasteiger partial charge >= 0.3 is 0 Å². The first kappa shape index (κ1) is 14.8. The van der Waals surface area contributed by atoms with E-state index in [9.17, 15) is 0 Å². The SMILES string of the molecule is CCCCN1CC(C2CCCCC2)NCC1(C)C1CC1. The van der Waals surface area contributed by atoms with Gasteiger partial charge in [-0.05, 0) is 57.4 Å². The van der Waals surface area contributed by atoms with Gasteiger partial charge in [-0.25, -0.2) is 0 Å². The molecular formula is C18H34N2. The Morgan fingerprint density at radius 1 is 1.10 bits per heavy atom. The number of piperazine rings is 1. The number of hydrogen-bond acceptors (Lipinski definition) is 2. The summed E-state index contributed by atoms with van der Waals surface area (Å²) in [6.07, 6.45) is 13.0. The predicted octanol–water partition coefficient (Wildman–Crippen LogP) is 3.81. The van der Waals surface area contributed by atoms with Gasteiger partial charge in [-0.3, -0.25) is 4.90 Å². The van der Waals surface area contributed by atoms with Crippen molar-refractivity contribution in [1.82, 2.24) is 10.2 Å². The van der Waals surface area contributed by atoms with E-state index in [2.05, 4.69) is 24.1 Å². The summed E-state index contributed by atoms with van der Waals surface area (Å²) in [6.45, 7) is 8.74. The van der Waals surface area contributed by atoms with Gasteiger partial charge < -0.3 is 5.32 Å². The van der Waals surface area contributed by atoms with E-state index in [-0.39, 0.29) is 0 Å². The van der Waals surface area contributed by atoms with E-state index in [0.717, 1.165) is 17.9 Å². The van der Waals surface area contributed by atoms with Crippen molar-refractivity contribution < 1.29 is 0 Å². The van der Waals surface area contributed by atoms with Crippen LogP contribution in [0.2, 0.25) is 0 Å². The minimum absolute atomic E-state index is 0.459. The van der Waals surface area contributed by atoms with Gasteiger partial charge in [-0.2, -0.15) is 0 Å². The molecule has 1 heterocycles. The number of nitrogens with zero attached hydrogens (tertiary/aromatic N) is 1. The van der Waals surface area contributed by atoms with Crippen molar-refractivity contribution in [3.05, 3.63) is 0 Å². The van der Waals surface area contributed by atoms with E-state index in [1.165, 1.54) is 77.4 Å². The van der Waals surface area contributed by atoms with Crippen molar-refractivity contribution in [2.45, 2.75) is 83.2 Å². The number of nitrogens with one attached hydrogen (secondary N) is 1. The average Bonchev–Trinajstić information content (AvgIpc) is 3.32. The third-order valence-corrected chi connectivity index (χ3v) is 6.32. The highest BCUT2D eigenvalue weighted by molar-refractivity contribution is 5.05. The summed E-state index contributed by atoms with van der Waals surface area (Å²) in [7, 11) is 0. The Bertz CT molecular complexity index is 307. The van der Waals surface area contributed by atoms with Crippen LogP contribution in [-0.4, -0.2) is 36.1 Å². The van der Waals surface area contributed by atoms with E-state index >= 15 is 0 Å². The molecule has 116 valence electrons. The molecule has 0 aromatic heterocycles. The first-order valence-electron chi connectivity index (χ1n) is 9.22. The van der Waals surface area contributed by atoms with Crippen molar-refractivity contribution in [1.29, 1.82) is 0 Å². The minimum Gasteiger partial charge on any atom is -0.311 e. The van der Waals surface area contributed by atoms with Gasteiger partial charge in [0.15, 0.2) is 0 Å². The molecule has 0 aromatic carbocycles. The van der Waals surface area contributed by atoms with E-state index < -0.39 is 0 Å². The largest absolute Gasteiger partial charge is 0.311 e. The van der Waals surface area contributed by atoms with Crippen LogP contribution >= 0.6 is 0 Å². The maximum atomic E-state index is 3.97. The molecule has 3 aliphatic rings. The molecule has 0 bridgehead atoms. The summed E-state index contributed by atoms with van der Waals surface area (Å²) < 4.78 is 0. The minimum atomic E-state index is 0.459. The van der Waals surface area contributed by atoms with Crippen LogP contribution in [-0.2, 0) is 0 Å². The van der Waals surface area contributed by atoms with Crippen molar-refractivity contribution in [3.63, 3.8) is 0 Å². The summed E-state index contributed by atoms with van der Waals surface area (Å²) >= 11 is 0. The van der Waals surface area contributed by atoms with Gasteiger partial charge in [0.1, 0.15) is 0 Å². The zero-order valence-corrected chi connectivity index (χ0v) is 13.7. The number of rotatable bonds is 5.